The average Bonchev–Trinajstić information content (AvgIpc) is 2.36. The molecule has 2 heteroatoms. The Kier molecular flexibility index (Phi) is 2.35. The van der Waals surface area contributed by atoms with Gasteiger partial charge < -0.3 is 9.52 Å². The Morgan fingerprint density at radius 3 is 2.82 bits per heavy atom. The van der Waals surface area contributed by atoms with Gasteiger partial charge in [-0.1, -0.05) is 5.92 Å². The van der Waals surface area contributed by atoms with Crippen molar-refractivity contribution < 1.29 is 9.52 Å². The number of rotatable bonds is 1. The van der Waals surface area contributed by atoms with Gasteiger partial charge in [-0.3, -0.25) is 0 Å². The first kappa shape index (κ1) is 7.90. The molecule has 0 spiro atoms. The van der Waals surface area contributed by atoms with Gasteiger partial charge in [-0.25, -0.2) is 0 Å². The molecule has 0 fully saturated rings. The van der Waals surface area contributed by atoms with Crippen LogP contribution in [0.3, 0.4) is 0 Å². The standard InChI is InChI=1S/C9H10O2/c1-3-4-9(10)8-5-6-11-7(8)2/h5-6,9-10H,1-2H3. The molecule has 0 aliphatic rings. The molecule has 0 saturated heterocycles. The van der Waals surface area contributed by atoms with Crippen LogP contribution in [0.5, 0.6) is 0 Å². The third kappa shape index (κ3) is 1.63. The summed E-state index contributed by atoms with van der Waals surface area (Å²) in [4.78, 5) is 0. The highest BCUT2D eigenvalue weighted by Crippen LogP contribution is 2.17. The van der Waals surface area contributed by atoms with Crippen molar-refractivity contribution in [3.05, 3.63) is 23.7 Å². The summed E-state index contributed by atoms with van der Waals surface area (Å²) in [7, 11) is 0. The smallest absolute Gasteiger partial charge is 0.143 e. The zero-order chi connectivity index (χ0) is 8.27. The van der Waals surface area contributed by atoms with Crippen molar-refractivity contribution in [2.24, 2.45) is 0 Å². The minimum atomic E-state index is -0.709. The maximum absolute atomic E-state index is 9.36. The third-order valence-corrected chi connectivity index (χ3v) is 1.47. The second kappa shape index (κ2) is 3.27. The van der Waals surface area contributed by atoms with E-state index in [2.05, 4.69) is 11.8 Å². The summed E-state index contributed by atoms with van der Waals surface area (Å²) in [5.41, 5.74) is 0.749. The first-order valence-electron chi connectivity index (χ1n) is 3.40. The Balaban J connectivity index is 2.89. The topological polar surface area (TPSA) is 33.4 Å². The highest BCUT2D eigenvalue weighted by molar-refractivity contribution is 5.25. The summed E-state index contributed by atoms with van der Waals surface area (Å²) >= 11 is 0. The summed E-state index contributed by atoms with van der Waals surface area (Å²) in [6.07, 6.45) is 0.837. The van der Waals surface area contributed by atoms with Crippen molar-refractivity contribution in [3.63, 3.8) is 0 Å². The summed E-state index contributed by atoms with van der Waals surface area (Å²) in [6.45, 7) is 3.49. The van der Waals surface area contributed by atoms with Crippen molar-refractivity contribution in [1.82, 2.24) is 0 Å². The molecule has 0 aliphatic heterocycles. The van der Waals surface area contributed by atoms with Crippen molar-refractivity contribution >= 4 is 0 Å². The molecule has 58 valence electrons. The molecular formula is C9H10O2. The van der Waals surface area contributed by atoms with Gasteiger partial charge in [0.15, 0.2) is 0 Å². The van der Waals surface area contributed by atoms with E-state index in [0.29, 0.717) is 0 Å². The molecule has 0 saturated carbocycles. The lowest BCUT2D eigenvalue weighted by Crippen LogP contribution is -1.92. The van der Waals surface area contributed by atoms with Crippen LogP contribution >= 0.6 is 0 Å². The molecule has 1 N–H and O–H groups in total. The summed E-state index contributed by atoms with van der Waals surface area (Å²) in [5.74, 6) is 6.00. The lowest BCUT2D eigenvalue weighted by atomic mass is 10.1. The predicted octanol–water partition coefficient (Wildman–Crippen LogP) is 1.64. The van der Waals surface area contributed by atoms with Gasteiger partial charge in [-0.05, 0) is 19.9 Å². The van der Waals surface area contributed by atoms with Crippen LogP contribution in [0.2, 0.25) is 0 Å². The molecule has 2 nitrogen and oxygen atoms in total. The minimum absolute atomic E-state index is 0.709. The van der Waals surface area contributed by atoms with Crippen molar-refractivity contribution in [2.45, 2.75) is 20.0 Å². The van der Waals surface area contributed by atoms with Crippen molar-refractivity contribution in [3.8, 4) is 11.8 Å². The Morgan fingerprint density at radius 1 is 1.64 bits per heavy atom. The molecule has 0 radical (unpaired) electrons. The first-order valence-corrected chi connectivity index (χ1v) is 3.40. The van der Waals surface area contributed by atoms with E-state index in [1.165, 1.54) is 0 Å². The number of hydrogen-bond acceptors (Lipinski definition) is 2. The van der Waals surface area contributed by atoms with Gasteiger partial charge in [0.05, 0.1) is 6.26 Å². The quantitative estimate of drug-likeness (QED) is 0.617. The second-order valence-corrected chi connectivity index (χ2v) is 2.23. The highest BCUT2D eigenvalue weighted by atomic mass is 16.3. The Labute approximate surface area is 65.8 Å². The predicted molar refractivity (Wildman–Crippen MR) is 41.9 cm³/mol. The molecule has 1 aromatic heterocycles. The van der Waals surface area contributed by atoms with E-state index in [1.807, 2.05) is 0 Å². The van der Waals surface area contributed by atoms with Crippen molar-refractivity contribution in [1.29, 1.82) is 0 Å². The minimum Gasteiger partial charge on any atom is -0.469 e. The summed E-state index contributed by atoms with van der Waals surface area (Å²) < 4.78 is 5.00. The van der Waals surface area contributed by atoms with Crippen LogP contribution in [-0.2, 0) is 0 Å². The SMILES string of the molecule is CC#CC(O)c1ccoc1C. The second-order valence-electron chi connectivity index (χ2n) is 2.23. The van der Waals surface area contributed by atoms with Gasteiger partial charge >= 0.3 is 0 Å². The number of aliphatic hydroxyl groups excluding tert-OH is 1. The maximum Gasteiger partial charge on any atom is 0.143 e. The number of aliphatic hydroxyl groups is 1. The van der Waals surface area contributed by atoms with E-state index < -0.39 is 6.10 Å². The van der Waals surface area contributed by atoms with Gasteiger partial charge in [0.1, 0.15) is 11.9 Å². The summed E-state index contributed by atoms with van der Waals surface area (Å²) in [5, 5.41) is 9.36. The zero-order valence-electron chi connectivity index (χ0n) is 6.59. The Hall–Kier alpha value is -1.20. The molecule has 1 heterocycles. The largest absolute Gasteiger partial charge is 0.469 e. The Bertz CT molecular complexity index is 288. The highest BCUT2D eigenvalue weighted by Gasteiger charge is 2.08. The maximum atomic E-state index is 9.36. The molecule has 1 rings (SSSR count). The van der Waals surface area contributed by atoms with E-state index in [0.717, 1.165) is 11.3 Å². The lowest BCUT2D eigenvalue weighted by Gasteiger charge is -1.98. The van der Waals surface area contributed by atoms with Gasteiger partial charge in [-0.15, -0.1) is 5.92 Å². The molecule has 0 amide bonds. The fourth-order valence-corrected chi connectivity index (χ4v) is 0.893. The number of furan rings is 1. The van der Waals surface area contributed by atoms with Crippen LogP contribution in [0.4, 0.5) is 0 Å². The van der Waals surface area contributed by atoms with Crippen LogP contribution in [0.15, 0.2) is 16.7 Å². The monoisotopic (exact) mass is 150 g/mol. The normalized spacial score (nSPS) is 11.9. The molecular weight excluding hydrogens is 140 g/mol. The van der Waals surface area contributed by atoms with Crippen LogP contribution < -0.4 is 0 Å². The van der Waals surface area contributed by atoms with Crippen LogP contribution in [-0.4, -0.2) is 5.11 Å². The molecule has 0 bridgehead atoms. The fourth-order valence-electron chi connectivity index (χ4n) is 0.893. The Morgan fingerprint density at radius 2 is 2.36 bits per heavy atom. The molecule has 0 aromatic carbocycles. The lowest BCUT2D eigenvalue weighted by molar-refractivity contribution is 0.236. The summed E-state index contributed by atoms with van der Waals surface area (Å²) in [6, 6.07) is 1.73. The van der Waals surface area contributed by atoms with Crippen LogP contribution in [0.25, 0.3) is 0 Å². The molecule has 1 atom stereocenters. The van der Waals surface area contributed by atoms with Gasteiger partial charge in [0.25, 0.3) is 0 Å². The molecule has 11 heavy (non-hydrogen) atoms. The van der Waals surface area contributed by atoms with E-state index in [-0.39, 0.29) is 0 Å². The average molecular weight is 150 g/mol. The van der Waals surface area contributed by atoms with Crippen molar-refractivity contribution in [2.75, 3.05) is 0 Å². The van der Waals surface area contributed by atoms with Gasteiger partial charge in [-0.2, -0.15) is 0 Å². The fraction of sp³-hybridized carbons (Fsp3) is 0.333. The third-order valence-electron chi connectivity index (χ3n) is 1.47. The van der Waals surface area contributed by atoms with E-state index in [4.69, 9.17) is 4.42 Å². The molecule has 1 aromatic rings. The first-order chi connectivity index (χ1) is 5.25. The number of hydrogen-bond donors (Lipinski definition) is 1. The zero-order valence-corrected chi connectivity index (χ0v) is 6.59. The molecule has 0 aliphatic carbocycles. The van der Waals surface area contributed by atoms with Crippen LogP contribution in [0.1, 0.15) is 24.4 Å². The van der Waals surface area contributed by atoms with Crippen LogP contribution in [0, 0.1) is 18.8 Å². The van der Waals surface area contributed by atoms with E-state index in [9.17, 15) is 5.11 Å². The van der Waals surface area contributed by atoms with E-state index in [1.54, 1.807) is 26.2 Å². The van der Waals surface area contributed by atoms with E-state index >= 15 is 0 Å². The molecule has 1 unspecified atom stereocenters. The number of aryl methyl sites for hydroxylation is 1. The van der Waals surface area contributed by atoms with Gasteiger partial charge in [0.2, 0.25) is 0 Å². The van der Waals surface area contributed by atoms with Gasteiger partial charge in [0, 0.05) is 5.56 Å².